The van der Waals surface area contributed by atoms with E-state index in [4.69, 9.17) is 4.42 Å². The third-order valence-electron chi connectivity index (χ3n) is 3.18. The molecular weight excluding hydrogens is 238 g/mol. The van der Waals surface area contributed by atoms with Crippen molar-refractivity contribution in [2.45, 2.75) is 19.9 Å². The Morgan fingerprint density at radius 2 is 2.26 bits per heavy atom. The van der Waals surface area contributed by atoms with E-state index in [1.54, 1.807) is 6.20 Å². The highest BCUT2D eigenvalue weighted by Gasteiger charge is 2.19. The number of benzene rings is 1. The van der Waals surface area contributed by atoms with Crippen LogP contribution in [0.25, 0.3) is 11.0 Å². The third-order valence-corrected chi connectivity index (χ3v) is 3.18. The number of furan rings is 1. The van der Waals surface area contributed by atoms with Crippen LogP contribution in [-0.4, -0.2) is 16.5 Å². The molecule has 0 aliphatic heterocycles. The standard InChI is InChI=1S/C15H17N3O/c1-3-16-14(15-17-6-7-18-15)13-9-11-8-10(2)4-5-12(11)19-13/h4-9,14,16H,3H2,1-2H3,(H,17,18). The van der Waals surface area contributed by atoms with Crippen LogP contribution < -0.4 is 5.32 Å². The van der Waals surface area contributed by atoms with Gasteiger partial charge in [-0.05, 0) is 31.7 Å². The number of rotatable bonds is 4. The van der Waals surface area contributed by atoms with Gasteiger partial charge in [-0.25, -0.2) is 4.98 Å². The maximum atomic E-state index is 5.94. The average molecular weight is 255 g/mol. The number of imidazole rings is 1. The predicted octanol–water partition coefficient (Wildman–Crippen LogP) is 3.16. The summed E-state index contributed by atoms with van der Waals surface area (Å²) in [5.41, 5.74) is 2.15. The van der Waals surface area contributed by atoms with Crippen LogP contribution in [0.4, 0.5) is 0 Å². The minimum atomic E-state index is -0.0345. The molecule has 0 saturated carbocycles. The SMILES string of the molecule is CCNC(c1ncc[nH]1)c1cc2cc(C)ccc2o1. The molecule has 1 atom stereocenters. The minimum absolute atomic E-state index is 0.0345. The second kappa shape index (κ2) is 4.90. The zero-order valence-corrected chi connectivity index (χ0v) is 11.1. The van der Waals surface area contributed by atoms with Gasteiger partial charge in [0.05, 0.1) is 0 Å². The predicted molar refractivity (Wildman–Crippen MR) is 75.1 cm³/mol. The summed E-state index contributed by atoms with van der Waals surface area (Å²) in [4.78, 5) is 7.46. The molecule has 2 aromatic heterocycles. The summed E-state index contributed by atoms with van der Waals surface area (Å²) < 4.78 is 5.94. The van der Waals surface area contributed by atoms with Gasteiger partial charge in [-0.2, -0.15) is 0 Å². The topological polar surface area (TPSA) is 53.9 Å². The van der Waals surface area contributed by atoms with Gasteiger partial charge in [0.15, 0.2) is 0 Å². The van der Waals surface area contributed by atoms with Crippen molar-refractivity contribution in [1.82, 2.24) is 15.3 Å². The molecule has 0 spiro atoms. The van der Waals surface area contributed by atoms with Crippen molar-refractivity contribution < 1.29 is 4.42 Å². The molecule has 0 amide bonds. The smallest absolute Gasteiger partial charge is 0.134 e. The molecule has 98 valence electrons. The largest absolute Gasteiger partial charge is 0.459 e. The molecule has 0 radical (unpaired) electrons. The van der Waals surface area contributed by atoms with Gasteiger partial charge in [0.2, 0.25) is 0 Å². The van der Waals surface area contributed by atoms with E-state index >= 15 is 0 Å². The summed E-state index contributed by atoms with van der Waals surface area (Å²) in [5.74, 6) is 1.76. The molecule has 0 aliphatic rings. The highest BCUT2D eigenvalue weighted by Crippen LogP contribution is 2.27. The number of aromatic amines is 1. The Labute approximate surface area is 111 Å². The summed E-state index contributed by atoms with van der Waals surface area (Å²) in [6.45, 7) is 5.00. The van der Waals surface area contributed by atoms with Crippen LogP contribution in [0, 0.1) is 6.92 Å². The van der Waals surface area contributed by atoms with Gasteiger partial charge in [-0.3, -0.25) is 0 Å². The quantitative estimate of drug-likeness (QED) is 0.753. The van der Waals surface area contributed by atoms with E-state index in [9.17, 15) is 0 Å². The zero-order chi connectivity index (χ0) is 13.2. The molecule has 2 N–H and O–H groups in total. The van der Waals surface area contributed by atoms with Gasteiger partial charge in [0, 0.05) is 17.8 Å². The highest BCUT2D eigenvalue weighted by molar-refractivity contribution is 5.78. The van der Waals surface area contributed by atoms with E-state index < -0.39 is 0 Å². The van der Waals surface area contributed by atoms with Crippen LogP contribution in [0.15, 0.2) is 41.1 Å². The molecule has 3 aromatic rings. The van der Waals surface area contributed by atoms with E-state index in [1.165, 1.54) is 5.56 Å². The van der Waals surface area contributed by atoms with Gasteiger partial charge in [0.1, 0.15) is 23.2 Å². The monoisotopic (exact) mass is 255 g/mol. The van der Waals surface area contributed by atoms with Crippen molar-refractivity contribution in [2.75, 3.05) is 6.54 Å². The van der Waals surface area contributed by atoms with E-state index in [0.29, 0.717) is 0 Å². The van der Waals surface area contributed by atoms with Gasteiger partial charge in [-0.1, -0.05) is 18.6 Å². The van der Waals surface area contributed by atoms with E-state index in [2.05, 4.69) is 47.3 Å². The molecule has 4 heteroatoms. The van der Waals surface area contributed by atoms with Gasteiger partial charge < -0.3 is 14.7 Å². The summed E-state index contributed by atoms with van der Waals surface area (Å²) in [7, 11) is 0. The maximum absolute atomic E-state index is 5.94. The molecule has 0 bridgehead atoms. The molecule has 0 saturated heterocycles. The molecule has 4 nitrogen and oxygen atoms in total. The maximum Gasteiger partial charge on any atom is 0.134 e. The minimum Gasteiger partial charge on any atom is -0.459 e. The van der Waals surface area contributed by atoms with Crippen molar-refractivity contribution in [3.63, 3.8) is 0 Å². The lowest BCUT2D eigenvalue weighted by Gasteiger charge is -2.12. The number of nitrogens with one attached hydrogen (secondary N) is 2. The Morgan fingerprint density at radius 1 is 1.37 bits per heavy atom. The van der Waals surface area contributed by atoms with Crippen LogP contribution in [0.5, 0.6) is 0 Å². The van der Waals surface area contributed by atoms with E-state index in [1.807, 2.05) is 12.3 Å². The van der Waals surface area contributed by atoms with Crippen molar-refractivity contribution in [3.05, 3.63) is 53.8 Å². The summed E-state index contributed by atoms with van der Waals surface area (Å²) in [6, 6.07) is 8.25. The fourth-order valence-corrected chi connectivity index (χ4v) is 2.30. The Kier molecular flexibility index (Phi) is 3.09. The highest BCUT2D eigenvalue weighted by atomic mass is 16.3. The van der Waals surface area contributed by atoms with Crippen LogP contribution in [0.1, 0.15) is 30.1 Å². The van der Waals surface area contributed by atoms with Crippen LogP contribution >= 0.6 is 0 Å². The number of hydrogen-bond acceptors (Lipinski definition) is 3. The first-order chi connectivity index (χ1) is 9.28. The molecule has 0 fully saturated rings. The van der Waals surface area contributed by atoms with Crippen LogP contribution in [0.3, 0.4) is 0 Å². The Morgan fingerprint density at radius 3 is 3.00 bits per heavy atom. The van der Waals surface area contributed by atoms with Crippen LogP contribution in [-0.2, 0) is 0 Å². The van der Waals surface area contributed by atoms with Crippen molar-refractivity contribution >= 4 is 11.0 Å². The number of fused-ring (bicyclic) bond motifs is 1. The Hall–Kier alpha value is -2.07. The number of aryl methyl sites for hydroxylation is 1. The number of nitrogens with zero attached hydrogens (tertiary/aromatic N) is 1. The van der Waals surface area contributed by atoms with Crippen LogP contribution in [0.2, 0.25) is 0 Å². The lowest BCUT2D eigenvalue weighted by molar-refractivity contribution is 0.466. The lowest BCUT2D eigenvalue weighted by Crippen LogP contribution is -2.22. The molecule has 2 heterocycles. The summed E-state index contributed by atoms with van der Waals surface area (Å²) in [6.07, 6.45) is 3.58. The molecule has 0 aliphatic carbocycles. The fourth-order valence-electron chi connectivity index (χ4n) is 2.30. The normalized spacial score (nSPS) is 12.9. The third kappa shape index (κ3) is 2.27. The van der Waals surface area contributed by atoms with E-state index in [0.717, 1.165) is 29.1 Å². The first-order valence-corrected chi connectivity index (χ1v) is 6.50. The Balaban J connectivity index is 2.05. The molecule has 1 unspecified atom stereocenters. The molecular formula is C15H17N3O. The summed E-state index contributed by atoms with van der Waals surface area (Å²) >= 11 is 0. The number of H-pyrrole nitrogens is 1. The average Bonchev–Trinajstić information content (AvgIpc) is 3.04. The first kappa shape index (κ1) is 12.0. The van der Waals surface area contributed by atoms with Gasteiger partial charge >= 0.3 is 0 Å². The van der Waals surface area contributed by atoms with Gasteiger partial charge in [-0.15, -0.1) is 0 Å². The number of hydrogen-bond donors (Lipinski definition) is 2. The first-order valence-electron chi connectivity index (χ1n) is 6.50. The Bertz CT molecular complexity index is 670. The second-order valence-corrected chi connectivity index (χ2v) is 4.66. The molecule has 19 heavy (non-hydrogen) atoms. The number of aromatic nitrogens is 2. The van der Waals surface area contributed by atoms with E-state index in [-0.39, 0.29) is 6.04 Å². The molecule has 3 rings (SSSR count). The van der Waals surface area contributed by atoms with Gasteiger partial charge in [0.25, 0.3) is 0 Å². The summed E-state index contributed by atoms with van der Waals surface area (Å²) in [5, 5.41) is 4.52. The van der Waals surface area contributed by atoms with Crippen molar-refractivity contribution in [2.24, 2.45) is 0 Å². The molecule has 1 aromatic carbocycles. The second-order valence-electron chi connectivity index (χ2n) is 4.66. The zero-order valence-electron chi connectivity index (χ0n) is 11.1. The fraction of sp³-hybridized carbons (Fsp3) is 0.267. The van der Waals surface area contributed by atoms with Crippen molar-refractivity contribution in [1.29, 1.82) is 0 Å². The lowest BCUT2D eigenvalue weighted by atomic mass is 10.1. The van der Waals surface area contributed by atoms with Crippen molar-refractivity contribution in [3.8, 4) is 0 Å².